The second-order valence-corrected chi connectivity index (χ2v) is 6.27. The lowest BCUT2D eigenvalue weighted by Gasteiger charge is -2.50. The monoisotopic (exact) mass is 309 g/mol. The van der Waals surface area contributed by atoms with Crippen LogP contribution in [0.1, 0.15) is 11.1 Å². The maximum absolute atomic E-state index is 12.2. The Hall–Kier alpha value is -1.10. The molecule has 0 spiro atoms. The number of rotatable bonds is 4. The number of benzene rings is 1. The molecule has 2 bridgehead atoms. The van der Waals surface area contributed by atoms with Crippen LogP contribution in [0.3, 0.4) is 0 Å². The van der Waals surface area contributed by atoms with Crippen molar-refractivity contribution in [3.8, 4) is 0 Å². The molecule has 3 heterocycles. The van der Waals surface area contributed by atoms with Crippen molar-refractivity contribution in [2.24, 2.45) is 0 Å². The van der Waals surface area contributed by atoms with Crippen LogP contribution in [-0.4, -0.2) is 61.1 Å². The number of hydrogen-bond acceptors (Lipinski definition) is 2. The summed E-state index contributed by atoms with van der Waals surface area (Å²) in [7, 11) is 0. The fourth-order valence-electron chi connectivity index (χ4n) is 3.24. The van der Waals surface area contributed by atoms with Crippen molar-refractivity contribution in [3.63, 3.8) is 0 Å². The molecule has 1 aromatic rings. The van der Waals surface area contributed by atoms with E-state index < -0.39 is 0 Å². The smallest absolute Gasteiger partial charge is 0.275 e. The molecular weight excluding hydrogens is 286 g/mol. The van der Waals surface area contributed by atoms with Gasteiger partial charge in [0.1, 0.15) is 0 Å². The molecule has 5 heteroatoms. The van der Waals surface area contributed by atoms with E-state index in [4.69, 9.17) is 0 Å². The summed E-state index contributed by atoms with van der Waals surface area (Å²) in [5.74, 6) is 0.195. The summed E-state index contributed by atoms with van der Waals surface area (Å²) in [6, 6.07) is 8.35. The van der Waals surface area contributed by atoms with Crippen molar-refractivity contribution in [1.29, 1.82) is 0 Å². The zero-order chi connectivity index (χ0) is 14.0. The molecule has 0 unspecified atom stereocenters. The molecule has 4 nitrogen and oxygen atoms in total. The second-order valence-electron chi connectivity index (χ2n) is 6.27. The Balaban J connectivity index is 0.00000161. The van der Waals surface area contributed by atoms with Crippen LogP contribution >= 0.6 is 0 Å². The maximum atomic E-state index is 12.2. The van der Waals surface area contributed by atoms with E-state index in [0.29, 0.717) is 13.1 Å². The van der Waals surface area contributed by atoms with Crippen LogP contribution in [-0.2, 0) is 11.3 Å². The SMILES string of the molecule is Cc1ccc(CNC(=O)C[N+]23CCN(CC2)CC3)cc1.[Cl-]. The minimum atomic E-state index is 0. The van der Waals surface area contributed by atoms with Gasteiger partial charge in [-0.2, -0.15) is 0 Å². The molecule has 1 amide bonds. The predicted molar refractivity (Wildman–Crippen MR) is 79.2 cm³/mol. The Labute approximate surface area is 133 Å². The maximum Gasteiger partial charge on any atom is 0.275 e. The molecular formula is C16H24ClN3O. The highest BCUT2D eigenvalue weighted by Gasteiger charge is 2.39. The van der Waals surface area contributed by atoms with Crippen LogP contribution in [0.25, 0.3) is 0 Å². The van der Waals surface area contributed by atoms with Crippen molar-refractivity contribution >= 4 is 5.91 Å². The number of aryl methyl sites for hydroxylation is 1. The summed E-state index contributed by atoms with van der Waals surface area (Å²) in [6.45, 7) is 10.3. The highest BCUT2D eigenvalue weighted by Crippen LogP contribution is 2.18. The molecule has 1 aromatic carbocycles. The molecule has 0 saturated carbocycles. The number of carbonyl (C=O) groups is 1. The molecule has 4 rings (SSSR count). The Morgan fingerprint density at radius 1 is 1.14 bits per heavy atom. The number of amides is 1. The van der Waals surface area contributed by atoms with Crippen LogP contribution < -0.4 is 17.7 Å². The van der Waals surface area contributed by atoms with Crippen molar-refractivity contribution in [3.05, 3.63) is 35.4 Å². The van der Waals surface area contributed by atoms with E-state index in [9.17, 15) is 4.79 Å². The van der Waals surface area contributed by atoms with E-state index in [1.165, 1.54) is 11.1 Å². The highest BCUT2D eigenvalue weighted by molar-refractivity contribution is 5.77. The van der Waals surface area contributed by atoms with E-state index in [2.05, 4.69) is 41.4 Å². The van der Waals surface area contributed by atoms with Crippen molar-refractivity contribution in [2.45, 2.75) is 13.5 Å². The van der Waals surface area contributed by atoms with Gasteiger partial charge in [0.2, 0.25) is 0 Å². The standard InChI is InChI=1S/C16H23N3O.ClH/c1-14-2-4-15(5-3-14)12-17-16(20)13-19-9-6-18(7-10-19)8-11-19;/h2-5H,6-13H2,1H3;1H. The molecule has 3 aliphatic rings. The Morgan fingerprint density at radius 2 is 1.71 bits per heavy atom. The molecule has 116 valence electrons. The van der Waals surface area contributed by atoms with Crippen molar-refractivity contribution in [1.82, 2.24) is 10.2 Å². The minimum Gasteiger partial charge on any atom is -1.00 e. The highest BCUT2D eigenvalue weighted by atomic mass is 35.5. The van der Waals surface area contributed by atoms with Crippen LogP contribution in [0.5, 0.6) is 0 Å². The van der Waals surface area contributed by atoms with Crippen molar-refractivity contribution in [2.75, 3.05) is 45.8 Å². The van der Waals surface area contributed by atoms with Gasteiger partial charge in [0.05, 0.1) is 19.6 Å². The van der Waals surface area contributed by atoms with Gasteiger partial charge in [-0.25, -0.2) is 0 Å². The number of halogens is 1. The zero-order valence-corrected chi connectivity index (χ0v) is 13.4. The number of quaternary nitrogens is 1. The Morgan fingerprint density at radius 3 is 2.29 bits per heavy atom. The third kappa shape index (κ3) is 3.96. The average molecular weight is 310 g/mol. The van der Waals surface area contributed by atoms with Gasteiger partial charge in [-0.05, 0) is 12.5 Å². The summed E-state index contributed by atoms with van der Waals surface area (Å²) in [5, 5.41) is 3.07. The molecule has 1 N–H and O–H groups in total. The molecule has 0 atom stereocenters. The van der Waals surface area contributed by atoms with E-state index >= 15 is 0 Å². The summed E-state index contributed by atoms with van der Waals surface area (Å²) in [6.07, 6.45) is 0. The van der Waals surface area contributed by atoms with Gasteiger partial charge in [0.15, 0.2) is 6.54 Å². The first-order valence-corrected chi connectivity index (χ1v) is 7.55. The second kappa shape index (κ2) is 6.77. The largest absolute Gasteiger partial charge is 1.00 e. The summed E-state index contributed by atoms with van der Waals surface area (Å²) >= 11 is 0. The summed E-state index contributed by atoms with van der Waals surface area (Å²) in [5.41, 5.74) is 2.43. The van der Waals surface area contributed by atoms with Gasteiger partial charge in [0.25, 0.3) is 5.91 Å². The van der Waals surface area contributed by atoms with Crippen LogP contribution in [0, 0.1) is 6.92 Å². The lowest BCUT2D eigenvalue weighted by atomic mass is 10.1. The fraction of sp³-hybridized carbons (Fsp3) is 0.562. The zero-order valence-electron chi connectivity index (χ0n) is 12.6. The van der Waals surface area contributed by atoms with E-state index in [-0.39, 0.29) is 18.3 Å². The number of carbonyl (C=O) groups excluding carboxylic acids is 1. The fourth-order valence-corrected chi connectivity index (χ4v) is 3.24. The number of nitrogens with one attached hydrogen (secondary N) is 1. The molecule has 3 saturated heterocycles. The van der Waals surface area contributed by atoms with Crippen LogP contribution in [0.15, 0.2) is 24.3 Å². The summed E-state index contributed by atoms with van der Waals surface area (Å²) in [4.78, 5) is 14.7. The minimum absolute atomic E-state index is 0. The average Bonchev–Trinajstić information content (AvgIpc) is 2.48. The Kier molecular flexibility index (Phi) is 5.25. The van der Waals surface area contributed by atoms with Crippen LogP contribution in [0.4, 0.5) is 0 Å². The molecule has 21 heavy (non-hydrogen) atoms. The van der Waals surface area contributed by atoms with Gasteiger partial charge in [0, 0.05) is 26.2 Å². The predicted octanol–water partition coefficient (Wildman–Crippen LogP) is -2.24. The molecule has 0 aliphatic carbocycles. The topological polar surface area (TPSA) is 32.3 Å². The molecule has 0 radical (unpaired) electrons. The lowest BCUT2D eigenvalue weighted by molar-refractivity contribution is -0.933. The normalized spacial score (nSPS) is 27.0. The third-order valence-corrected chi connectivity index (χ3v) is 4.76. The van der Waals surface area contributed by atoms with Gasteiger partial charge < -0.3 is 22.2 Å². The first-order chi connectivity index (χ1) is 9.65. The number of piperazine rings is 3. The quantitative estimate of drug-likeness (QED) is 0.638. The molecule has 0 aromatic heterocycles. The van der Waals surface area contributed by atoms with E-state index in [1.54, 1.807) is 0 Å². The van der Waals surface area contributed by atoms with Gasteiger partial charge >= 0.3 is 0 Å². The number of fused-ring (bicyclic) bond motifs is 3. The Bertz CT molecular complexity index is 467. The molecule has 3 aliphatic heterocycles. The molecule has 3 fully saturated rings. The van der Waals surface area contributed by atoms with Gasteiger partial charge in [-0.3, -0.25) is 9.69 Å². The van der Waals surface area contributed by atoms with E-state index in [1.807, 2.05) is 0 Å². The third-order valence-electron chi connectivity index (χ3n) is 4.76. The lowest BCUT2D eigenvalue weighted by Crippen LogP contribution is -3.00. The van der Waals surface area contributed by atoms with Crippen molar-refractivity contribution < 1.29 is 21.7 Å². The first-order valence-electron chi connectivity index (χ1n) is 7.55. The number of nitrogens with zero attached hydrogens (tertiary/aromatic N) is 2. The number of hydrogen-bond donors (Lipinski definition) is 1. The van der Waals surface area contributed by atoms with E-state index in [0.717, 1.165) is 43.8 Å². The van der Waals surface area contributed by atoms with Crippen LogP contribution in [0.2, 0.25) is 0 Å². The van der Waals surface area contributed by atoms with Gasteiger partial charge in [-0.15, -0.1) is 0 Å². The van der Waals surface area contributed by atoms with Gasteiger partial charge in [-0.1, -0.05) is 29.8 Å². The first kappa shape index (κ1) is 16.3. The summed E-state index contributed by atoms with van der Waals surface area (Å²) < 4.78 is 0.996.